The Morgan fingerprint density at radius 3 is 2.64 bits per heavy atom. The molecule has 9 heteroatoms. The molecule has 1 heterocycles. The van der Waals surface area contributed by atoms with E-state index in [0.717, 1.165) is 4.90 Å². The third kappa shape index (κ3) is 3.52. The lowest BCUT2D eigenvalue weighted by Gasteiger charge is -2.23. The maximum absolute atomic E-state index is 12.9. The molecule has 2 aromatic carbocycles. The molecular formula is C19H14Cl2N4O3. The molecule has 0 spiro atoms. The third-order valence-corrected chi connectivity index (χ3v) is 4.93. The van der Waals surface area contributed by atoms with Gasteiger partial charge in [0, 0.05) is 15.6 Å². The summed E-state index contributed by atoms with van der Waals surface area (Å²) >= 11 is 12.1. The number of nitriles is 1. The van der Waals surface area contributed by atoms with Gasteiger partial charge in [-0.2, -0.15) is 5.26 Å². The van der Waals surface area contributed by atoms with Gasteiger partial charge in [-0.1, -0.05) is 41.4 Å². The molecule has 142 valence electrons. The van der Waals surface area contributed by atoms with E-state index in [4.69, 9.17) is 28.5 Å². The summed E-state index contributed by atoms with van der Waals surface area (Å²) < 4.78 is 0. The lowest BCUT2D eigenvalue weighted by atomic mass is 9.92. The zero-order valence-electron chi connectivity index (χ0n) is 14.6. The molecule has 1 fully saturated rings. The van der Waals surface area contributed by atoms with Gasteiger partial charge in [0.05, 0.1) is 11.3 Å². The Morgan fingerprint density at radius 2 is 1.96 bits per heavy atom. The number of hydrogen-bond donors (Lipinski definition) is 2. The molecule has 1 aliphatic rings. The molecule has 0 aromatic heterocycles. The van der Waals surface area contributed by atoms with E-state index in [1.807, 2.05) is 6.07 Å². The Kier molecular flexibility index (Phi) is 5.27. The minimum Gasteiger partial charge on any atom is -0.323 e. The second-order valence-corrected chi connectivity index (χ2v) is 7.12. The van der Waals surface area contributed by atoms with E-state index in [2.05, 4.69) is 10.6 Å². The van der Waals surface area contributed by atoms with E-state index < -0.39 is 29.9 Å². The normalized spacial score (nSPS) is 18.6. The van der Waals surface area contributed by atoms with Crippen LogP contribution in [0.4, 0.5) is 10.5 Å². The van der Waals surface area contributed by atoms with Crippen LogP contribution < -0.4 is 10.6 Å². The summed E-state index contributed by atoms with van der Waals surface area (Å²) in [7, 11) is 0. The van der Waals surface area contributed by atoms with E-state index in [-0.39, 0.29) is 11.3 Å². The fourth-order valence-corrected chi connectivity index (χ4v) is 3.44. The first kappa shape index (κ1) is 19.7. The van der Waals surface area contributed by atoms with Crippen molar-refractivity contribution in [3.8, 4) is 6.07 Å². The number of amides is 4. The van der Waals surface area contributed by atoms with Crippen molar-refractivity contribution >= 4 is 46.7 Å². The van der Waals surface area contributed by atoms with Crippen LogP contribution in [0.5, 0.6) is 0 Å². The molecule has 0 bridgehead atoms. The highest BCUT2D eigenvalue weighted by atomic mass is 35.5. The van der Waals surface area contributed by atoms with Crippen LogP contribution in [0.3, 0.4) is 0 Å². The molecule has 2 N–H and O–H groups in total. The first-order valence-corrected chi connectivity index (χ1v) is 8.90. The fourth-order valence-electron chi connectivity index (χ4n) is 2.94. The predicted octanol–water partition coefficient (Wildman–Crippen LogP) is 3.27. The largest absolute Gasteiger partial charge is 0.325 e. The molecular weight excluding hydrogens is 403 g/mol. The average molecular weight is 417 g/mol. The van der Waals surface area contributed by atoms with Gasteiger partial charge in [-0.05, 0) is 31.2 Å². The topological polar surface area (TPSA) is 102 Å². The highest BCUT2D eigenvalue weighted by Crippen LogP contribution is 2.33. The average Bonchev–Trinajstić information content (AvgIpc) is 2.86. The molecule has 1 atom stereocenters. The van der Waals surface area contributed by atoms with E-state index in [1.165, 1.54) is 25.1 Å². The van der Waals surface area contributed by atoms with Crippen molar-refractivity contribution in [2.24, 2.45) is 0 Å². The summed E-state index contributed by atoms with van der Waals surface area (Å²) in [6, 6.07) is 12.3. The van der Waals surface area contributed by atoms with E-state index in [1.54, 1.807) is 24.3 Å². The molecule has 1 saturated heterocycles. The summed E-state index contributed by atoms with van der Waals surface area (Å²) in [5.74, 6) is -1.25. The predicted molar refractivity (Wildman–Crippen MR) is 104 cm³/mol. The van der Waals surface area contributed by atoms with Crippen LogP contribution in [0, 0.1) is 11.3 Å². The van der Waals surface area contributed by atoms with Crippen molar-refractivity contribution in [2.45, 2.75) is 12.5 Å². The number of anilines is 1. The lowest BCUT2D eigenvalue weighted by molar-refractivity contribution is -0.133. The highest BCUT2D eigenvalue weighted by Gasteiger charge is 2.50. The van der Waals surface area contributed by atoms with Gasteiger partial charge >= 0.3 is 6.03 Å². The van der Waals surface area contributed by atoms with E-state index in [9.17, 15) is 14.4 Å². The Morgan fingerprint density at radius 1 is 1.25 bits per heavy atom. The van der Waals surface area contributed by atoms with Crippen molar-refractivity contribution < 1.29 is 14.4 Å². The quantitative estimate of drug-likeness (QED) is 0.746. The summed E-state index contributed by atoms with van der Waals surface area (Å²) in [5, 5.41) is 14.9. The number of hydrogen-bond acceptors (Lipinski definition) is 4. The minimum absolute atomic E-state index is 0.195. The van der Waals surface area contributed by atoms with Crippen molar-refractivity contribution in [1.82, 2.24) is 10.2 Å². The number of nitrogens with zero attached hydrogens (tertiary/aromatic N) is 2. The SMILES string of the molecule is C[C@@]1(c2ccccc2Cl)NC(=O)N(CC(=O)Nc2cc(Cl)ccc2C#N)C1=O. The molecule has 0 unspecified atom stereocenters. The molecule has 2 aromatic rings. The molecule has 3 rings (SSSR count). The zero-order valence-corrected chi connectivity index (χ0v) is 16.1. The number of nitrogens with one attached hydrogen (secondary N) is 2. The number of benzene rings is 2. The molecule has 4 amide bonds. The maximum atomic E-state index is 12.9. The van der Waals surface area contributed by atoms with Gasteiger partial charge in [0.1, 0.15) is 18.2 Å². The second kappa shape index (κ2) is 7.50. The first-order valence-electron chi connectivity index (χ1n) is 8.15. The summed E-state index contributed by atoms with van der Waals surface area (Å²) in [5.41, 5.74) is -0.555. The van der Waals surface area contributed by atoms with Crippen LogP contribution in [-0.2, 0) is 15.1 Å². The van der Waals surface area contributed by atoms with Crippen molar-refractivity contribution in [3.63, 3.8) is 0 Å². The molecule has 0 radical (unpaired) electrons. The standard InChI is InChI=1S/C19H14Cl2N4O3/c1-19(13-4-2-3-5-14(13)21)17(27)25(18(28)24-19)10-16(26)23-15-8-12(20)7-6-11(15)9-22/h2-8H,10H2,1H3,(H,23,26)(H,24,28)/t19-/m0/s1. The number of imide groups is 1. The number of urea groups is 1. The number of carbonyl (C=O) groups is 3. The summed E-state index contributed by atoms with van der Waals surface area (Å²) in [4.78, 5) is 38.4. The zero-order chi connectivity index (χ0) is 20.5. The number of rotatable bonds is 4. The van der Waals surface area contributed by atoms with Gasteiger partial charge in [-0.25, -0.2) is 4.79 Å². The monoisotopic (exact) mass is 416 g/mol. The van der Waals surface area contributed by atoms with Crippen LogP contribution in [0.15, 0.2) is 42.5 Å². The van der Waals surface area contributed by atoms with Crippen molar-refractivity contribution in [3.05, 3.63) is 63.6 Å². The van der Waals surface area contributed by atoms with Gasteiger partial charge in [-0.3, -0.25) is 14.5 Å². The van der Waals surface area contributed by atoms with Crippen molar-refractivity contribution in [1.29, 1.82) is 5.26 Å². The van der Waals surface area contributed by atoms with Gasteiger partial charge in [0.25, 0.3) is 5.91 Å². The molecule has 1 aliphatic heterocycles. The highest BCUT2D eigenvalue weighted by molar-refractivity contribution is 6.32. The van der Waals surface area contributed by atoms with Crippen LogP contribution in [0.2, 0.25) is 10.0 Å². The van der Waals surface area contributed by atoms with Crippen molar-refractivity contribution in [2.75, 3.05) is 11.9 Å². The van der Waals surface area contributed by atoms with Gasteiger partial charge < -0.3 is 10.6 Å². The number of carbonyl (C=O) groups excluding carboxylic acids is 3. The van der Waals surface area contributed by atoms with Crippen LogP contribution in [0.1, 0.15) is 18.1 Å². The van der Waals surface area contributed by atoms with Crippen LogP contribution in [0.25, 0.3) is 0 Å². The summed E-state index contributed by atoms with van der Waals surface area (Å²) in [6.45, 7) is 0.999. The lowest BCUT2D eigenvalue weighted by Crippen LogP contribution is -2.42. The van der Waals surface area contributed by atoms with Crippen LogP contribution in [-0.4, -0.2) is 29.3 Å². The molecule has 0 aliphatic carbocycles. The first-order chi connectivity index (χ1) is 13.3. The fraction of sp³-hybridized carbons (Fsp3) is 0.158. The third-order valence-electron chi connectivity index (χ3n) is 4.37. The van der Waals surface area contributed by atoms with Crippen LogP contribution >= 0.6 is 23.2 Å². The molecule has 7 nitrogen and oxygen atoms in total. The van der Waals surface area contributed by atoms with Gasteiger partial charge in [0.2, 0.25) is 5.91 Å². The summed E-state index contributed by atoms with van der Waals surface area (Å²) in [6.07, 6.45) is 0. The van der Waals surface area contributed by atoms with Gasteiger partial charge in [0.15, 0.2) is 0 Å². The Balaban J connectivity index is 1.80. The van der Waals surface area contributed by atoms with E-state index in [0.29, 0.717) is 15.6 Å². The van der Waals surface area contributed by atoms with E-state index >= 15 is 0 Å². The maximum Gasteiger partial charge on any atom is 0.325 e. The molecule has 28 heavy (non-hydrogen) atoms. The number of halogens is 2. The Labute approximate surface area is 170 Å². The second-order valence-electron chi connectivity index (χ2n) is 6.28. The Hall–Kier alpha value is -3.08. The smallest absolute Gasteiger partial charge is 0.323 e. The molecule has 0 saturated carbocycles. The Bertz CT molecular complexity index is 1030. The van der Waals surface area contributed by atoms with Gasteiger partial charge in [-0.15, -0.1) is 0 Å². The minimum atomic E-state index is -1.39.